The lowest BCUT2D eigenvalue weighted by molar-refractivity contribution is -0.118. The Labute approximate surface area is 165 Å². The SMILES string of the molecule is CC(C)c1cccc(OCC(=O)Nc2nc(-c3cccc(Br)c3)cs2)c1. The van der Waals surface area contributed by atoms with E-state index < -0.39 is 0 Å². The molecule has 2 aromatic carbocycles. The molecule has 0 unspecified atom stereocenters. The largest absolute Gasteiger partial charge is 0.484 e. The molecule has 0 aliphatic rings. The molecular formula is C20H19BrN2O2S. The van der Waals surface area contributed by atoms with E-state index in [0.29, 0.717) is 16.8 Å². The normalized spacial score (nSPS) is 10.8. The molecule has 0 aliphatic carbocycles. The number of carbonyl (C=O) groups is 1. The van der Waals surface area contributed by atoms with Crippen molar-refractivity contribution in [1.29, 1.82) is 0 Å². The molecule has 3 aromatic rings. The van der Waals surface area contributed by atoms with Gasteiger partial charge in [0.25, 0.3) is 5.91 Å². The Morgan fingerprint density at radius 2 is 2.04 bits per heavy atom. The fourth-order valence-electron chi connectivity index (χ4n) is 2.38. The van der Waals surface area contributed by atoms with Crippen LogP contribution in [0.1, 0.15) is 25.3 Å². The molecule has 1 N–H and O–H groups in total. The molecule has 0 bridgehead atoms. The summed E-state index contributed by atoms with van der Waals surface area (Å²) in [6.45, 7) is 4.20. The highest BCUT2D eigenvalue weighted by molar-refractivity contribution is 9.10. The first-order chi connectivity index (χ1) is 12.5. The van der Waals surface area contributed by atoms with E-state index >= 15 is 0 Å². The Morgan fingerprint density at radius 1 is 1.23 bits per heavy atom. The van der Waals surface area contributed by atoms with Gasteiger partial charge in [-0.05, 0) is 35.7 Å². The van der Waals surface area contributed by atoms with Gasteiger partial charge in [0, 0.05) is 15.4 Å². The summed E-state index contributed by atoms with van der Waals surface area (Å²) >= 11 is 4.85. The zero-order valence-electron chi connectivity index (χ0n) is 14.5. The van der Waals surface area contributed by atoms with Crippen LogP contribution in [0.2, 0.25) is 0 Å². The number of amides is 1. The number of ether oxygens (including phenoxy) is 1. The van der Waals surface area contributed by atoms with Crippen molar-refractivity contribution >= 4 is 38.3 Å². The number of rotatable bonds is 6. The molecule has 134 valence electrons. The molecule has 0 radical (unpaired) electrons. The number of hydrogen-bond donors (Lipinski definition) is 1. The van der Waals surface area contributed by atoms with Gasteiger partial charge in [0.2, 0.25) is 0 Å². The molecule has 0 saturated carbocycles. The van der Waals surface area contributed by atoms with Crippen molar-refractivity contribution in [2.75, 3.05) is 11.9 Å². The lowest BCUT2D eigenvalue weighted by atomic mass is 10.0. The number of nitrogens with one attached hydrogen (secondary N) is 1. The van der Waals surface area contributed by atoms with Gasteiger partial charge in [-0.25, -0.2) is 4.98 Å². The topological polar surface area (TPSA) is 51.2 Å². The molecule has 0 atom stereocenters. The lowest BCUT2D eigenvalue weighted by Gasteiger charge is -2.09. The molecule has 0 saturated heterocycles. The molecule has 4 nitrogen and oxygen atoms in total. The number of nitrogens with zero attached hydrogens (tertiary/aromatic N) is 1. The van der Waals surface area contributed by atoms with Gasteiger partial charge in [-0.15, -0.1) is 11.3 Å². The average Bonchev–Trinajstić information content (AvgIpc) is 3.09. The molecule has 1 heterocycles. The minimum absolute atomic E-state index is 0.0483. The van der Waals surface area contributed by atoms with E-state index in [0.717, 1.165) is 15.7 Å². The highest BCUT2D eigenvalue weighted by Crippen LogP contribution is 2.27. The van der Waals surface area contributed by atoms with Crippen LogP contribution < -0.4 is 10.1 Å². The maximum atomic E-state index is 12.1. The Hall–Kier alpha value is -2.18. The molecule has 26 heavy (non-hydrogen) atoms. The fraction of sp³-hybridized carbons (Fsp3) is 0.200. The van der Waals surface area contributed by atoms with Crippen LogP contribution in [0.3, 0.4) is 0 Å². The number of aromatic nitrogens is 1. The van der Waals surface area contributed by atoms with Crippen LogP contribution in [0.15, 0.2) is 58.4 Å². The minimum Gasteiger partial charge on any atom is -0.484 e. The molecule has 1 amide bonds. The maximum Gasteiger partial charge on any atom is 0.264 e. The van der Waals surface area contributed by atoms with Gasteiger partial charge in [-0.1, -0.05) is 54.0 Å². The second kappa shape index (κ2) is 8.47. The van der Waals surface area contributed by atoms with E-state index in [1.807, 2.05) is 47.8 Å². The maximum absolute atomic E-state index is 12.1. The highest BCUT2D eigenvalue weighted by Gasteiger charge is 2.09. The van der Waals surface area contributed by atoms with Crippen molar-refractivity contribution in [3.63, 3.8) is 0 Å². The smallest absolute Gasteiger partial charge is 0.264 e. The van der Waals surface area contributed by atoms with Crippen LogP contribution in [-0.2, 0) is 4.79 Å². The van der Waals surface area contributed by atoms with E-state index in [1.54, 1.807) is 0 Å². The zero-order chi connectivity index (χ0) is 18.5. The van der Waals surface area contributed by atoms with E-state index in [9.17, 15) is 4.79 Å². The third-order valence-electron chi connectivity index (χ3n) is 3.77. The summed E-state index contributed by atoms with van der Waals surface area (Å²) in [6, 6.07) is 15.7. The van der Waals surface area contributed by atoms with Crippen molar-refractivity contribution in [2.24, 2.45) is 0 Å². The van der Waals surface area contributed by atoms with Crippen molar-refractivity contribution in [3.05, 3.63) is 63.9 Å². The highest BCUT2D eigenvalue weighted by atomic mass is 79.9. The van der Waals surface area contributed by atoms with E-state index in [4.69, 9.17) is 4.74 Å². The summed E-state index contributed by atoms with van der Waals surface area (Å²) in [4.78, 5) is 16.6. The second-order valence-electron chi connectivity index (χ2n) is 6.11. The van der Waals surface area contributed by atoms with Gasteiger partial charge in [0.15, 0.2) is 11.7 Å². The number of carbonyl (C=O) groups excluding carboxylic acids is 1. The fourth-order valence-corrected chi connectivity index (χ4v) is 3.51. The van der Waals surface area contributed by atoms with Gasteiger partial charge in [-0.2, -0.15) is 0 Å². The average molecular weight is 431 g/mol. The lowest BCUT2D eigenvalue weighted by Crippen LogP contribution is -2.20. The Bertz CT molecular complexity index is 908. The van der Waals surface area contributed by atoms with Crippen LogP contribution in [0.5, 0.6) is 5.75 Å². The zero-order valence-corrected chi connectivity index (χ0v) is 16.9. The Morgan fingerprint density at radius 3 is 2.81 bits per heavy atom. The number of benzene rings is 2. The standard InChI is InChI=1S/C20H19BrN2O2S/c1-13(2)14-5-4-8-17(10-14)25-11-19(24)23-20-22-18(12-26-20)15-6-3-7-16(21)9-15/h3-10,12-13H,11H2,1-2H3,(H,22,23,24). The summed E-state index contributed by atoms with van der Waals surface area (Å²) in [7, 11) is 0. The van der Waals surface area contributed by atoms with Crippen molar-refractivity contribution < 1.29 is 9.53 Å². The molecular weight excluding hydrogens is 412 g/mol. The van der Waals surface area contributed by atoms with Gasteiger partial charge < -0.3 is 4.74 Å². The summed E-state index contributed by atoms with van der Waals surface area (Å²) in [5.74, 6) is 0.884. The summed E-state index contributed by atoms with van der Waals surface area (Å²) in [6.07, 6.45) is 0. The van der Waals surface area contributed by atoms with Gasteiger partial charge >= 0.3 is 0 Å². The molecule has 1 aromatic heterocycles. The monoisotopic (exact) mass is 430 g/mol. The quantitative estimate of drug-likeness (QED) is 0.544. The second-order valence-corrected chi connectivity index (χ2v) is 7.89. The first kappa shape index (κ1) is 18.6. The molecule has 0 fully saturated rings. The third-order valence-corrected chi connectivity index (χ3v) is 5.02. The van der Waals surface area contributed by atoms with Crippen LogP contribution in [0.25, 0.3) is 11.3 Å². The number of hydrogen-bond acceptors (Lipinski definition) is 4. The van der Waals surface area contributed by atoms with Crippen LogP contribution >= 0.6 is 27.3 Å². The van der Waals surface area contributed by atoms with Crippen molar-refractivity contribution in [1.82, 2.24) is 4.98 Å². The Balaban J connectivity index is 1.58. The van der Waals surface area contributed by atoms with Gasteiger partial charge in [-0.3, -0.25) is 10.1 Å². The third kappa shape index (κ3) is 4.93. The first-order valence-corrected chi connectivity index (χ1v) is 9.92. The molecule has 6 heteroatoms. The summed E-state index contributed by atoms with van der Waals surface area (Å²) in [5.41, 5.74) is 3.01. The van der Waals surface area contributed by atoms with Gasteiger partial charge in [0.1, 0.15) is 5.75 Å². The molecule has 0 aliphatic heterocycles. The molecule has 0 spiro atoms. The van der Waals surface area contributed by atoms with E-state index in [1.165, 1.54) is 16.9 Å². The number of thiazole rings is 1. The first-order valence-electron chi connectivity index (χ1n) is 8.25. The summed E-state index contributed by atoms with van der Waals surface area (Å²) in [5, 5.41) is 5.27. The number of halogens is 1. The van der Waals surface area contributed by atoms with Crippen LogP contribution in [0, 0.1) is 0 Å². The predicted octanol–water partition coefficient (Wildman–Crippen LogP) is 5.71. The van der Waals surface area contributed by atoms with Crippen LogP contribution in [-0.4, -0.2) is 17.5 Å². The van der Waals surface area contributed by atoms with Crippen molar-refractivity contribution in [3.8, 4) is 17.0 Å². The number of anilines is 1. The summed E-state index contributed by atoms with van der Waals surface area (Å²) < 4.78 is 6.59. The predicted molar refractivity (Wildman–Crippen MR) is 110 cm³/mol. The van der Waals surface area contributed by atoms with Crippen molar-refractivity contribution in [2.45, 2.75) is 19.8 Å². The van der Waals surface area contributed by atoms with E-state index in [2.05, 4.69) is 46.1 Å². The van der Waals surface area contributed by atoms with E-state index in [-0.39, 0.29) is 12.5 Å². The Kier molecular flexibility index (Phi) is 6.06. The van der Waals surface area contributed by atoms with Gasteiger partial charge in [0.05, 0.1) is 5.69 Å². The van der Waals surface area contributed by atoms with Crippen LogP contribution in [0.4, 0.5) is 5.13 Å². The molecule has 3 rings (SSSR count). The minimum atomic E-state index is -0.227.